The normalized spacial score (nSPS) is 35.3. The van der Waals surface area contributed by atoms with Crippen LogP contribution >= 0.6 is 0 Å². The Morgan fingerprint density at radius 3 is 1.54 bits per heavy atom. The van der Waals surface area contributed by atoms with Crippen LogP contribution in [0.5, 0.6) is 0 Å². The topological polar surface area (TPSA) is 163 Å². The van der Waals surface area contributed by atoms with Crippen molar-refractivity contribution in [2.45, 2.75) is 155 Å². The predicted octanol–water partition coefficient (Wildman–Crippen LogP) is 2.18. The molecule has 2 rings (SSSR count). The molecule has 2 aliphatic heterocycles. The summed E-state index contributed by atoms with van der Waals surface area (Å²) < 4.78 is 16.6. The van der Waals surface area contributed by atoms with Gasteiger partial charge in [-0.3, -0.25) is 9.59 Å². The molecule has 10 nitrogen and oxygen atoms in total. The molecule has 2 saturated heterocycles. The fourth-order valence-electron chi connectivity index (χ4n) is 5.40. The second-order valence-corrected chi connectivity index (χ2v) is 12.3. The van der Waals surface area contributed by atoms with E-state index in [4.69, 9.17) is 14.2 Å². The maximum Gasteiger partial charge on any atom is 0.136 e. The highest BCUT2D eigenvalue weighted by Gasteiger charge is 2.43. The van der Waals surface area contributed by atoms with Gasteiger partial charge in [-0.1, -0.05) is 14.4 Å². The molecule has 10 heteroatoms. The Labute approximate surface area is 235 Å². The Hall–Kier alpha value is -0.980. The number of methoxy groups -OCH3 is 1. The van der Waals surface area contributed by atoms with Crippen LogP contribution in [0.3, 0.4) is 0 Å². The van der Waals surface area contributed by atoms with Gasteiger partial charge in [-0.15, -0.1) is 0 Å². The SMILES string of the molecule is C.CCC1OC(C)C(CC(=O)CC(C)(C)O)C(O)C1O.COC1C(C)OC(C)C(CC(=O)CC(C)(C)O)C1O. The Kier molecular flexibility index (Phi) is 15.5. The van der Waals surface area contributed by atoms with E-state index in [1.165, 1.54) is 7.11 Å². The monoisotopic (exact) mass is 564 g/mol. The van der Waals surface area contributed by atoms with E-state index in [0.717, 1.165) is 0 Å². The number of aliphatic hydroxyl groups is 5. The molecule has 2 fully saturated rings. The second-order valence-electron chi connectivity index (χ2n) is 12.3. The highest BCUT2D eigenvalue weighted by Crippen LogP contribution is 2.32. The Bertz CT molecular complexity index is 743. The van der Waals surface area contributed by atoms with Gasteiger partial charge in [0.2, 0.25) is 0 Å². The van der Waals surface area contributed by atoms with Gasteiger partial charge in [0.25, 0.3) is 0 Å². The van der Waals surface area contributed by atoms with Gasteiger partial charge in [0.1, 0.15) is 23.8 Å². The summed E-state index contributed by atoms with van der Waals surface area (Å²) in [6, 6.07) is 0. The summed E-state index contributed by atoms with van der Waals surface area (Å²) in [5.74, 6) is -0.922. The summed E-state index contributed by atoms with van der Waals surface area (Å²) in [6.07, 6.45) is -3.10. The van der Waals surface area contributed by atoms with Crippen molar-refractivity contribution >= 4 is 11.6 Å². The first kappa shape index (κ1) is 38.0. The van der Waals surface area contributed by atoms with E-state index in [1.807, 2.05) is 20.8 Å². The Balaban J connectivity index is 0.000000722. The van der Waals surface area contributed by atoms with E-state index < -0.39 is 41.5 Å². The van der Waals surface area contributed by atoms with Crippen molar-refractivity contribution in [2.24, 2.45) is 11.8 Å². The van der Waals surface area contributed by atoms with Crippen molar-refractivity contribution in [3.8, 4) is 0 Å². The zero-order valence-corrected chi connectivity index (χ0v) is 24.6. The zero-order valence-electron chi connectivity index (χ0n) is 24.6. The maximum atomic E-state index is 11.9. The van der Waals surface area contributed by atoms with Gasteiger partial charge in [0.15, 0.2) is 0 Å². The number of ketones is 2. The fourth-order valence-corrected chi connectivity index (χ4v) is 5.40. The van der Waals surface area contributed by atoms with E-state index in [-0.39, 0.29) is 75.0 Å². The zero-order chi connectivity index (χ0) is 29.6. The Morgan fingerprint density at radius 1 is 0.744 bits per heavy atom. The number of hydrogen-bond acceptors (Lipinski definition) is 10. The molecule has 0 spiro atoms. The lowest BCUT2D eigenvalue weighted by atomic mass is 9.82. The smallest absolute Gasteiger partial charge is 0.136 e. The van der Waals surface area contributed by atoms with E-state index in [9.17, 15) is 35.1 Å². The Morgan fingerprint density at radius 2 is 1.15 bits per heavy atom. The van der Waals surface area contributed by atoms with E-state index in [2.05, 4.69) is 0 Å². The summed E-state index contributed by atoms with van der Waals surface area (Å²) in [4.78, 5) is 23.8. The summed E-state index contributed by atoms with van der Waals surface area (Å²) in [5.41, 5.74) is -2.07. The molecule has 0 aromatic carbocycles. The molecule has 0 radical (unpaired) electrons. The van der Waals surface area contributed by atoms with Gasteiger partial charge in [-0.25, -0.2) is 0 Å². The summed E-state index contributed by atoms with van der Waals surface area (Å²) in [6.45, 7) is 13.7. The minimum atomic E-state index is -1.05. The molecule has 2 aliphatic rings. The molecule has 10 atom stereocenters. The van der Waals surface area contributed by atoms with Crippen LogP contribution in [-0.4, -0.2) is 104 Å². The molecule has 5 N–H and O–H groups in total. The van der Waals surface area contributed by atoms with Crippen molar-refractivity contribution in [2.75, 3.05) is 7.11 Å². The first-order valence-electron chi connectivity index (χ1n) is 13.7. The van der Waals surface area contributed by atoms with Crippen molar-refractivity contribution < 1.29 is 49.3 Å². The van der Waals surface area contributed by atoms with Gasteiger partial charge >= 0.3 is 0 Å². The molecule has 39 heavy (non-hydrogen) atoms. The highest BCUT2D eigenvalue weighted by atomic mass is 16.6. The van der Waals surface area contributed by atoms with Gasteiger partial charge in [0.05, 0.1) is 47.8 Å². The average Bonchev–Trinajstić information content (AvgIpc) is 2.75. The van der Waals surface area contributed by atoms with Crippen LogP contribution in [0.15, 0.2) is 0 Å². The molecule has 232 valence electrons. The summed E-state index contributed by atoms with van der Waals surface area (Å²) in [7, 11) is 1.53. The third-order valence-corrected chi connectivity index (χ3v) is 7.29. The molecule has 0 aromatic rings. The van der Waals surface area contributed by atoms with E-state index in [1.54, 1.807) is 34.6 Å². The van der Waals surface area contributed by atoms with Gasteiger partial charge in [-0.05, 0) is 54.9 Å². The quantitative estimate of drug-likeness (QED) is 0.266. The van der Waals surface area contributed by atoms with Gasteiger partial charge in [-0.2, -0.15) is 0 Å². The number of aliphatic hydroxyl groups excluding tert-OH is 3. The van der Waals surface area contributed by atoms with Crippen LogP contribution in [0.25, 0.3) is 0 Å². The number of Topliss-reactive ketones (excluding diaryl/α,β-unsaturated/α-hetero) is 2. The average molecular weight is 565 g/mol. The predicted molar refractivity (Wildman–Crippen MR) is 148 cm³/mol. The third kappa shape index (κ3) is 12.2. The standard InChI is InChI=1S/2C14H26O5.CH4/c1-8-11(6-10(15)7-14(3,4)17)12(16)13(18-5)9(2)19-8;1-5-11-13(17)12(16)10(8(2)19-11)6-9(15)7-14(3,4)18;/h8-9,11-13,16-17H,6-7H2,1-5H3;8,10-13,16-18H,5-7H2,1-4H3;1H4. The first-order chi connectivity index (χ1) is 17.3. The van der Waals surface area contributed by atoms with E-state index in [0.29, 0.717) is 6.42 Å². The van der Waals surface area contributed by atoms with Crippen molar-refractivity contribution in [1.82, 2.24) is 0 Å². The largest absolute Gasteiger partial charge is 0.390 e. The minimum Gasteiger partial charge on any atom is -0.390 e. The number of rotatable bonds is 10. The van der Waals surface area contributed by atoms with Crippen LogP contribution < -0.4 is 0 Å². The molecule has 0 saturated carbocycles. The minimum absolute atomic E-state index is 0. The molecule has 0 amide bonds. The molecule has 10 unspecified atom stereocenters. The lowest BCUT2D eigenvalue weighted by Gasteiger charge is -2.42. The number of ether oxygens (including phenoxy) is 3. The van der Waals surface area contributed by atoms with Gasteiger partial charge in [0, 0.05) is 44.6 Å². The van der Waals surface area contributed by atoms with Crippen LogP contribution in [0, 0.1) is 11.8 Å². The molecular weight excluding hydrogens is 508 g/mol. The maximum absolute atomic E-state index is 11.9. The van der Waals surface area contributed by atoms with Crippen molar-refractivity contribution in [1.29, 1.82) is 0 Å². The second kappa shape index (κ2) is 15.9. The molecule has 2 heterocycles. The van der Waals surface area contributed by atoms with Gasteiger partial charge < -0.3 is 39.7 Å². The number of carbonyl (C=O) groups excluding carboxylic acids is 2. The molecule has 0 bridgehead atoms. The number of hydrogen-bond donors (Lipinski definition) is 5. The number of carbonyl (C=O) groups is 2. The van der Waals surface area contributed by atoms with Crippen LogP contribution in [-0.2, 0) is 23.8 Å². The van der Waals surface area contributed by atoms with Crippen LogP contribution in [0.2, 0.25) is 0 Å². The van der Waals surface area contributed by atoms with Crippen LogP contribution in [0.4, 0.5) is 0 Å². The first-order valence-corrected chi connectivity index (χ1v) is 13.7. The third-order valence-electron chi connectivity index (χ3n) is 7.29. The highest BCUT2D eigenvalue weighted by molar-refractivity contribution is 5.80. The van der Waals surface area contributed by atoms with Crippen molar-refractivity contribution in [3.63, 3.8) is 0 Å². The molecule has 0 aliphatic carbocycles. The summed E-state index contributed by atoms with van der Waals surface area (Å²) >= 11 is 0. The molecule has 0 aromatic heterocycles. The fraction of sp³-hybridized carbons (Fsp3) is 0.931. The lowest BCUT2D eigenvalue weighted by molar-refractivity contribution is -0.199. The lowest BCUT2D eigenvalue weighted by Crippen LogP contribution is -2.53. The van der Waals surface area contributed by atoms with E-state index >= 15 is 0 Å². The van der Waals surface area contributed by atoms with Crippen LogP contribution in [0.1, 0.15) is 94.9 Å². The molecular formula is C29H56O10. The van der Waals surface area contributed by atoms with Crippen molar-refractivity contribution in [3.05, 3.63) is 0 Å². The summed E-state index contributed by atoms with van der Waals surface area (Å²) in [5, 5.41) is 49.6.